The molecular weight excluding hydrogens is 348 g/mol. The maximum absolute atomic E-state index is 11.9. The van der Waals surface area contributed by atoms with E-state index in [1.54, 1.807) is 0 Å². The third-order valence-corrected chi connectivity index (χ3v) is 5.31. The number of aryl methyl sites for hydroxylation is 1. The van der Waals surface area contributed by atoms with E-state index in [4.69, 9.17) is 4.74 Å². The van der Waals surface area contributed by atoms with Gasteiger partial charge in [-0.15, -0.1) is 10.2 Å². The van der Waals surface area contributed by atoms with Crippen LogP contribution < -0.4 is 10.1 Å². The minimum Gasteiger partial charge on any atom is -0.483 e. The van der Waals surface area contributed by atoms with Gasteiger partial charge in [0.2, 0.25) is 5.91 Å². The lowest BCUT2D eigenvalue weighted by Gasteiger charge is -2.15. The molecule has 0 spiro atoms. The first-order valence-corrected chi connectivity index (χ1v) is 10.2. The molecule has 1 N–H and O–H groups in total. The zero-order valence-corrected chi connectivity index (χ0v) is 16.4. The maximum atomic E-state index is 11.9. The van der Waals surface area contributed by atoms with Gasteiger partial charge >= 0.3 is 0 Å². The summed E-state index contributed by atoms with van der Waals surface area (Å²) in [6.07, 6.45) is 2.98. The summed E-state index contributed by atoms with van der Waals surface area (Å²) in [5.74, 6) is 2.02. The second-order valence-corrected chi connectivity index (χ2v) is 7.42. The third kappa shape index (κ3) is 4.78. The standard InChI is InChI=1S/C19H26N4O2S/c1-4-14-6-10-16(11-7-14)25-13(3)18-21-22-19(23(18)5-2)26-12-17(24)20-15-8-9-15/h6-7,10-11,13,15H,4-5,8-9,12H2,1-3H3,(H,20,24). The summed E-state index contributed by atoms with van der Waals surface area (Å²) >= 11 is 1.42. The molecule has 1 aliphatic rings. The Bertz CT molecular complexity index is 740. The number of hydrogen-bond donors (Lipinski definition) is 1. The molecule has 1 aliphatic carbocycles. The summed E-state index contributed by atoms with van der Waals surface area (Å²) in [6, 6.07) is 8.51. The largest absolute Gasteiger partial charge is 0.483 e. The van der Waals surface area contributed by atoms with E-state index >= 15 is 0 Å². The molecule has 2 aromatic rings. The summed E-state index contributed by atoms with van der Waals surface area (Å²) in [4.78, 5) is 11.9. The molecule has 1 amide bonds. The fourth-order valence-corrected chi connectivity index (χ4v) is 3.51. The van der Waals surface area contributed by atoms with E-state index in [1.165, 1.54) is 17.3 Å². The predicted octanol–water partition coefficient (Wildman–Crippen LogP) is 3.37. The number of amides is 1. The van der Waals surface area contributed by atoms with Crippen LogP contribution in [0.5, 0.6) is 5.75 Å². The topological polar surface area (TPSA) is 69.0 Å². The number of thioether (sulfide) groups is 1. The van der Waals surface area contributed by atoms with Crippen molar-refractivity contribution in [2.75, 3.05) is 5.75 Å². The summed E-state index contributed by atoms with van der Waals surface area (Å²) < 4.78 is 8.04. The molecular formula is C19H26N4O2S. The van der Waals surface area contributed by atoms with Crippen LogP contribution in [0.2, 0.25) is 0 Å². The highest BCUT2D eigenvalue weighted by atomic mass is 32.2. The zero-order chi connectivity index (χ0) is 18.5. The molecule has 1 aromatic heterocycles. The Labute approximate surface area is 158 Å². The molecule has 1 heterocycles. The van der Waals surface area contributed by atoms with Crippen molar-refractivity contribution in [1.29, 1.82) is 0 Å². The van der Waals surface area contributed by atoms with Crippen LogP contribution in [-0.4, -0.2) is 32.5 Å². The lowest BCUT2D eigenvalue weighted by atomic mass is 10.2. The Morgan fingerprint density at radius 1 is 1.31 bits per heavy atom. The Morgan fingerprint density at radius 2 is 2.04 bits per heavy atom. The molecule has 6 nitrogen and oxygen atoms in total. The summed E-state index contributed by atoms with van der Waals surface area (Å²) in [7, 11) is 0. The van der Waals surface area contributed by atoms with Gasteiger partial charge in [-0.25, -0.2) is 0 Å². The Hall–Kier alpha value is -2.02. The van der Waals surface area contributed by atoms with Gasteiger partial charge in [-0.2, -0.15) is 0 Å². The lowest BCUT2D eigenvalue weighted by molar-refractivity contribution is -0.118. The Kier molecular flexibility index (Phi) is 6.19. The first kappa shape index (κ1) is 18.8. The molecule has 1 aromatic carbocycles. The molecule has 7 heteroatoms. The molecule has 1 fully saturated rings. The van der Waals surface area contributed by atoms with Crippen LogP contribution in [0.15, 0.2) is 29.4 Å². The van der Waals surface area contributed by atoms with Gasteiger partial charge in [0.1, 0.15) is 5.75 Å². The molecule has 0 radical (unpaired) electrons. The molecule has 1 saturated carbocycles. The van der Waals surface area contributed by atoms with Crippen LogP contribution in [0.25, 0.3) is 0 Å². The average Bonchev–Trinajstić information content (AvgIpc) is 3.36. The minimum absolute atomic E-state index is 0.0602. The third-order valence-electron chi connectivity index (χ3n) is 4.34. The van der Waals surface area contributed by atoms with Gasteiger partial charge < -0.3 is 14.6 Å². The Morgan fingerprint density at radius 3 is 2.65 bits per heavy atom. The van der Waals surface area contributed by atoms with Gasteiger partial charge in [-0.1, -0.05) is 30.8 Å². The average molecular weight is 375 g/mol. The molecule has 3 rings (SSSR count). The van der Waals surface area contributed by atoms with E-state index in [2.05, 4.69) is 34.6 Å². The van der Waals surface area contributed by atoms with E-state index in [0.29, 0.717) is 11.8 Å². The number of carbonyl (C=O) groups excluding carboxylic acids is 1. The van der Waals surface area contributed by atoms with Crippen molar-refractivity contribution in [3.8, 4) is 5.75 Å². The van der Waals surface area contributed by atoms with Gasteiger partial charge in [-0.3, -0.25) is 4.79 Å². The van der Waals surface area contributed by atoms with Gasteiger partial charge in [0.05, 0.1) is 5.75 Å². The van der Waals surface area contributed by atoms with Crippen LogP contribution in [0.3, 0.4) is 0 Å². The zero-order valence-electron chi connectivity index (χ0n) is 15.6. The SMILES string of the molecule is CCc1ccc(OC(C)c2nnc(SCC(=O)NC3CC3)n2CC)cc1. The molecule has 0 bridgehead atoms. The van der Waals surface area contributed by atoms with Crippen molar-refractivity contribution in [3.05, 3.63) is 35.7 Å². The monoisotopic (exact) mass is 374 g/mol. The second-order valence-electron chi connectivity index (χ2n) is 6.47. The predicted molar refractivity (Wildman–Crippen MR) is 102 cm³/mol. The highest BCUT2D eigenvalue weighted by Gasteiger charge is 2.24. The number of benzene rings is 1. The quantitative estimate of drug-likeness (QED) is 0.682. The van der Waals surface area contributed by atoms with Crippen molar-refractivity contribution in [1.82, 2.24) is 20.1 Å². The fourth-order valence-electron chi connectivity index (χ4n) is 2.69. The maximum Gasteiger partial charge on any atom is 0.230 e. The van der Waals surface area contributed by atoms with Gasteiger partial charge in [0.15, 0.2) is 17.1 Å². The van der Waals surface area contributed by atoms with Crippen LogP contribution in [-0.2, 0) is 17.8 Å². The smallest absolute Gasteiger partial charge is 0.230 e. The minimum atomic E-state index is -0.218. The van der Waals surface area contributed by atoms with Crippen LogP contribution >= 0.6 is 11.8 Å². The highest BCUT2D eigenvalue weighted by Crippen LogP contribution is 2.25. The highest BCUT2D eigenvalue weighted by molar-refractivity contribution is 7.99. The molecule has 140 valence electrons. The van der Waals surface area contributed by atoms with E-state index in [1.807, 2.05) is 30.5 Å². The van der Waals surface area contributed by atoms with E-state index in [-0.39, 0.29) is 12.0 Å². The van der Waals surface area contributed by atoms with Gasteiger partial charge in [0, 0.05) is 12.6 Å². The van der Waals surface area contributed by atoms with E-state index in [9.17, 15) is 4.79 Å². The van der Waals surface area contributed by atoms with Crippen molar-refractivity contribution in [3.63, 3.8) is 0 Å². The van der Waals surface area contributed by atoms with Gasteiger partial charge in [-0.05, 0) is 50.8 Å². The molecule has 1 unspecified atom stereocenters. The van der Waals surface area contributed by atoms with Crippen LogP contribution in [0.4, 0.5) is 0 Å². The number of carbonyl (C=O) groups is 1. The summed E-state index contributed by atoms with van der Waals surface area (Å²) in [6.45, 7) is 6.88. The normalized spacial score (nSPS) is 14.9. The number of nitrogens with one attached hydrogen (secondary N) is 1. The van der Waals surface area contributed by atoms with Crippen molar-refractivity contribution in [2.45, 2.75) is 63.9 Å². The molecule has 0 aliphatic heterocycles. The number of nitrogens with zero attached hydrogens (tertiary/aromatic N) is 3. The van der Waals surface area contributed by atoms with Crippen molar-refractivity contribution < 1.29 is 9.53 Å². The molecule has 1 atom stereocenters. The van der Waals surface area contributed by atoms with E-state index in [0.717, 1.165) is 42.5 Å². The van der Waals surface area contributed by atoms with E-state index < -0.39 is 0 Å². The summed E-state index contributed by atoms with van der Waals surface area (Å²) in [5, 5.41) is 12.3. The number of aromatic nitrogens is 3. The first-order valence-electron chi connectivity index (χ1n) is 9.21. The fraction of sp³-hybridized carbons (Fsp3) is 0.526. The first-order chi connectivity index (χ1) is 12.6. The van der Waals surface area contributed by atoms with Crippen molar-refractivity contribution in [2.24, 2.45) is 0 Å². The summed E-state index contributed by atoms with van der Waals surface area (Å²) in [5.41, 5.74) is 1.28. The van der Waals surface area contributed by atoms with Crippen LogP contribution in [0.1, 0.15) is 51.1 Å². The number of hydrogen-bond acceptors (Lipinski definition) is 5. The lowest BCUT2D eigenvalue weighted by Crippen LogP contribution is -2.27. The van der Waals surface area contributed by atoms with Gasteiger partial charge in [0.25, 0.3) is 0 Å². The molecule has 0 saturated heterocycles. The Balaban J connectivity index is 1.62. The van der Waals surface area contributed by atoms with Crippen LogP contribution in [0, 0.1) is 0 Å². The number of rotatable bonds is 9. The second kappa shape index (κ2) is 8.58. The molecule has 26 heavy (non-hydrogen) atoms. The number of ether oxygens (including phenoxy) is 1. The van der Waals surface area contributed by atoms with Crippen molar-refractivity contribution >= 4 is 17.7 Å².